The zero-order valence-corrected chi connectivity index (χ0v) is 18.3. The molecule has 0 unspecified atom stereocenters. The number of benzene rings is 1. The molecule has 158 valence electrons. The highest BCUT2D eigenvalue weighted by atomic mass is 32.1. The lowest BCUT2D eigenvalue weighted by Crippen LogP contribution is -2.46. The van der Waals surface area contributed by atoms with Crippen molar-refractivity contribution in [3.05, 3.63) is 30.1 Å². The van der Waals surface area contributed by atoms with E-state index in [1.165, 1.54) is 22.9 Å². The fourth-order valence-corrected chi connectivity index (χ4v) is 4.82. The third-order valence-electron chi connectivity index (χ3n) is 5.40. The standard InChI is InChI=1S/C22H30FN3O2S/c1-16(2)22(28)26(17(3)27)9-5-4-8-24-10-12-25(13-11-24)21-14-18-6-7-19(23)15-20(18)29-21/h6-7,14-16H,4-5,8-13H2,1-3H3. The lowest BCUT2D eigenvalue weighted by Gasteiger charge is -2.35. The number of carbonyl (C=O) groups excluding carboxylic acids is 2. The van der Waals surface area contributed by atoms with Crippen molar-refractivity contribution in [2.45, 2.75) is 33.6 Å². The van der Waals surface area contributed by atoms with Gasteiger partial charge in [0, 0.05) is 50.3 Å². The number of thiophene rings is 1. The first-order valence-electron chi connectivity index (χ1n) is 10.3. The van der Waals surface area contributed by atoms with E-state index in [0.717, 1.165) is 55.7 Å². The summed E-state index contributed by atoms with van der Waals surface area (Å²) in [5, 5.41) is 2.30. The van der Waals surface area contributed by atoms with Crippen molar-refractivity contribution in [3.63, 3.8) is 0 Å². The highest BCUT2D eigenvalue weighted by Gasteiger charge is 2.21. The van der Waals surface area contributed by atoms with Crippen LogP contribution in [0.3, 0.4) is 0 Å². The minimum absolute atomic E-state index is 0.0886. The molecule has 0 atom stereocenters. The van der Waals surface area contributed by atoms with Crippen LogP contribution in [0.2, 0.25) is 0 Å². The van der Waals surface area contributed by atoms with Crippen LogP contribution >= 0.6 is 11.3 Å². The second kappa shape index (κ2) is 9.67. The molecule has 2 heterocycles. The van der Waals surface area contributed by atoms with Crippen molar-refractivity contribution in [3.8, 4) is 0 Å². The molecule has 1 saturated heterocycles. The summed E-state index contributed by atoms with van der Waals surface area (Å²) in [4.78, 5) is 30.0. The fourth-order valence-electron chi connectivity index (χ4n) is 3.68. The Morgan fingerprint density at radius 3 is 2.52 bits per heavy atom. The summed E-state index contributed by atoms with van der Waals surface area (Å²) >= 11 is 1.65. The Hall–Kier alpha value is -1.99. The number of fused-ring (bicyclic) bond motifs is 1. The Morgan fingerprint density at radius 2 is 1.86 bits per heavy atom. The Kier molecular flexibility index (Phi) is 7.24. The summed E-state index contributed by atoms with van der Waals surface area (Å²) in [6.07, 6.45) is 1.80. The van der Waals surface area contributed by atoms with Gasteiger partial charge in [-0.1, -0.05) is 19.9 Å². The summed E-state index contributed by atoms with van der Waals surface area (Å²) in [5.41, 5.74) is 0. The van der Waals surface area contributed by atoms with E-state index in [1.54, 1.807) is 17.4 Å². The van der Waals surface area contributed by atoms with E-state index in [2.05, 4.69) is 15.9 Å². The molecule has 1 aliphatic heterocycles. The number of piperazine rings is 1. The molecule has 7 heteroatoms. The van der Waals surface area contributed by atoms with Gasteiger partial charge in [0.25, 0.3) is 0 Å². The van der Waals surface area contributed by atoms with E-state index in [4.69, 9.17) is 0 Å². The van der Waals surface area contributed by atoms with E-state index < -0.39 is 0 Å². The van der Waals surface area contributed by atoms with Crippen molar-refractivity contribution in [1.82, 2.24) is 9.80 Å². The van der Waals surface area contributed by atoms with Crippen LogP contribution in [-0.4, -0.2) is 60.9 Å². The molecule has 1 aromatic heterocycles. The van der Waals surface area contributed by atoms with Crippen LogP contribution in [0.4, 0.5) is 9.39 Å². The van der Waals surface area contributed by atoms with Gasteiger partial charge >= 0.3 is 0 Å². The number of anilines is 1. The maximum absolute atomic E-state index is 13.4. The highest BCUT2D eigenvalue weighted by molar-refractivity contribution is 7.22. The predicted molar refractivity (Wildman–Crippen MR) is 117 cm³/mol. The van der Waals surface area contributed by atoms with Crippen molar-refractivity contribution >= 4 is 38.2 Å². The van der Waals surface area contributed by atoms with Crippen LogP contribution in [0, 0.1) is 11.7 Å². The SMILES string of the molecule is CC(=O)N(CCCCN1CCN(c2cc3ccc(F)cc3s2)CC1)C(=O)C(C)C. The second-order valence-electron chi connectivity index (χ2n) is 7.97. The van der Waals surface area contributed by atoms with Crippen LogP contribution in [0.5, 0.6) is 0 Å². The van der Waals surface area contributed by atoms with Crippen molar-refractivity contribution in [1.29, 1.82) is 0 Å². The first kappa shape index (κ1) is 21.7. The van der Waals surface area contributed by atoms with Crippen molar-refractivity contribution in [2.24, 2.45) is 5.92 Å². The zero-order chi connectivity index (χ0) is 21.0. The molecule has 2 aromatic rings. The Labute approximate surface area is 176 Å². The number of imide groups is 1. The average Bonchev–Trinajstić information content (AvgIpc) is 3.10. The molecule has 1 aromatic carbocycles. The van der Waals surface area contributed by atoms with Gasteiger partial charge in [0.05, 0.1) is 5.00 Å². The van der Waals surface area contributed by atoms with E-state index in [1.807, 2.05) is 19.9 Å². The van der Waals surface area contributed by atoms with Gasteiger partial charge < -0.3 is 4.90 Å². The molecule has 1 aliphatic rings. The number of rotatable bonds is 7. The van der Waals surface area contributed by atoms with E-state index in [-0.39, 0.29) is 23.5 Å². The van der Waals surface area contributed by atoms with Gasteiger partial charge in [0.1, 0.15) is 5.82 Å². The maximum atomic E-state index is 13.4. The quantitative estimate of drug-likeness (QED) is 0.637. The van der Waals surface area contributed by atoms with E-state index >= 15 is 0 Å². The van der Waals surface area contributed by atoms with Crippen LogP contribution in [0.25, 0.3) is 10.1 Å². The third kappa shape index (κ3) is 5.54. The monoisotopic (exact) mass is 419 g/mol. The Morgan fingerprint density at radius 1 is 1.14 bits per heavy atom. The van der Waals surface area contributed by atoms with Gasteiger partial charge in [-0.3, -0.25) is 19.4 Å². The normalized spacial score (nSPS) is 15.3. The molecular weight excluding hydrogens is 389 g/mol. The minimum atomic E-state index is -0.186. The second-order valence-corrected chi connectivity index (χ2v) is 9.03. The highest BCUT2D eigenvalue weighted by Crippen LogP contribution is 2.33. The molecule has 0 aliphatic carbocycles. The van der Waals surface area contributed by atoms with Gasteiger partial charge in [-0.05, 0) is 43.0 Å². The molecular formula is C22H30FN3O2S. The molecule has 0 saturated carbocycles. The first-order valence-corrected chi connectivity index (χ1v) is 11.1. The molecule has 2 amide bonds. The molecule has 3 rings (SSSR count). The molecule has 0 spiro atoms. The topological polar surface area (TPSA) is 43.9 Å². The van der Waals surface area contributed by atoms with Crippen LogP contribution in [0.1, 0.15) is 33.6 Å². The average molecular weight is 420 g/mol. The molecule has 0 N–H and O–H groups in total. The summed E-state index contributed by atoms with van der Waals surface area (Å²) in [7, 11) is 0. The van der Waals surface area contributed by atoms with Crippen molar-refractivity contribution < 1.29 is 14.0 Å². The lowest BCUT2D eigenvalue weighted by molar-refractivity contribution is -0.145. The summed E-state index contributed by atoms with van der Waals surface area (Å²) in [6, 6.07) is 7.11. The van der Waals surface area contributed by atoms with Gasteiger partial charge in [0.15, 0.2) is 0 Å². The maximum Gasteiger partial charge on any atom is 0.231 e. The van der Waals surface area contributed by atoms with Crippen LogP contribution in [-0.2, 0) is 9.59 Å². The number of amides is 2. The molecule has 29 heavy (non-hydrogen) atoms. The number of unbranched alkanes of at least 4 members (excludes halogenated alkanes) is 1. The number of carbonyl (C=O) groups is 2. The van der Waals surface area contributed by atoms with Crippen molar-refractivity contribution in [2.75, 3.05) is 44.2 Å². The first-order chi connectivity index (χ1) is 13.8. The summed E-state index contributed by atoms with van der Waals surface area (Å²) < 4.78 is 14.4. The molecule has 0 radical (unpaired) electrons. The number of nitrogens with zero attached hydrogens (tertiary/aromatic N) is 3. The van der Waals surface area contributed by atoms with Gasteiger partial charge in [-0.2, -0.15) is 0 Å². The Balaban J connectivity index is 1.42. The summed E-state index contributed by atoms with van der Waals surface area (Å²) in [5.74, 6) is -0.596. The molecule has 5 nitrogen and oxygen atoms in total. The largest absolute Gasteiger partial charge is 0.361 e. The van der Waals surface area contributed by atoms with Crippen LogP contribution in [0.15, 0.2) is 24.3 Å². The zero-order valence-electron chi connectivity index (χ0n) is 17.5. The van der Waals surface area contributed by atoms with Gasteiger partial charge in [0.2, 0.25) is 11.8 Å². The number of hydrogen-bond donors (Lipinski definition) is 0. The van der Waals surface area contributed by atoms with E-state index in [9.17, 15) is 14.0 Å². The van der Waals surface area contributed by atoms with E-state index in [0.29, 0.717) is 6.54 Å². The van der Waals surface area contributed by atoms with Gasteiger partial charge in [-0.25, -0.2) is 4.39 Å². The molecule has 1 fully saturated rings. The van der Waals surface area contributed by atoms with Crippen LogP contribution < -0.4 is 4.90 Å². The minimum Gasteiger partial charge on any atom is -0.361 e. The Bertz CT molecular complexity index is 859. The summed E-state index contributed by atoms with van der Waals surface area (Å²) in [6.45, 7) is 10.5. The third-order valence-corrected chi connectivity index (χ3v) is 6.56. The smallest absolute Gasteiger partial charge is 0.231 e. The lowest BCUT2D eigenvalue weighted by atomic mass is 10.1. The molecule has 0 bridgehead atoms. The van der Waals surface area contributed by atoms with Gasteiger partial charge in [-0.15, -0.1) is 11.3 Å². The fraction of sp³-hybridized carbons (Fsp3) is 0.545. The predicted octanol–water partition coefficient (Wildman–Crippen LogP) is 3.97. The number of halogens is 1. The number of hydrogen-bond acceptors (Lipinski definition) is 5.